The van der Waals surface area contributed by atoms with Crippen LogP contribution in [0.25, 0.3) is 10.9 Å². The van der Waals surface area contributed by atoms with Crippen molar-refractivity contribution in [2.75, 3.05) is 11.1 Å². The predicted octanol–water partition coefficient (Wildman–Crippen LogP) is 4.33. The molecule has 0 saturated heterocycles. The SMILES string of the molecule is Nc1cnc2ccc(Br)cc2c1NCc1ccccc1F. The molecule has 3 N–H and O–H groups in total. The number of fused-ring (bicyclic) bond motifs is 1. The fraction of sp³-hybridized carbons (Fsp3) is 0.0625. The molecule has 0 radical (unpaired) electrons. The van der Waals surface area contributed by atoms with Crippen LogP contribution in [0.1, 0.15) is 5.56 Å². The lowest BCUT2D eigenvalue weighted by Gasteiger charge is -2.13. The zero-order chi connectivity index (χ0) is 14.8. The lowest BCUT2D eigenvalue weighted by Crippen LogP contribution is -2.05. The molecule has 106 valence electrons. The van der Waals surface area contributed by atoms with Gasteiger partial charge in [0, 0.05) is 22.0 Å². The molecule has 0 unspecified atom stereocenters. The number of halogens is 2. The van der Waals surface area contributed by atoms with E-state index in [1.807, 2.05) is 24.3 Å². The Morgan fingerprint density at radius 1 is 1.19 bits per heavy atom. The van der Waals surface area contributed by atoms with Gasteiger partial charge in [-0.25, -0.2) is 4.39 Å². The van der Waals surface area contributed by atoms with Crippen LogP contribution in [0, 0.1) is 5.82 Å². The third-order valence-corrected chi connectivity index (χ3v) is 3.77. The molecule has 5 heteroatoms. The average molecular weight is 346 g/mol. The third kappa shape index (κ3) is 2.83. The van der Waals surface area contributed by atoms with Crippen LogP contribution >= 0.6 is 15.9 Å². The molecule has 1 aromatic heterocycles. The number of hydrogen-bond acceptors (Lipinski definition) is 3. The molecule has 2 aromatic carbocycles. The lowest BCUT2D eigenvalue weighted by molar-refractivity contribution is 0.613. The summed E-state index contributed by atoms with van der Waals surface area (Å²) in [6.45, 7) is 0.364. The molecule has 0 aliphatic carbocycles. The highest BCUT2D eigenvalue weighted by molar-refractivity contribution is 9.10. The summed E-state index contributed by atoms with van der Waals surface area (Å²) in [6.07, 6.45) is 1.61. The second kappa shape index (κ2) is 5.69. The quantitative estimate of drug-likeness (QED) is 0.742. The largest absolute Gasteiger partial charge is 0.396 e. The van der Waals surface area contributed by atoms with Crippen molar-refractivity contribution in [1.29, 1.82) is 0 Å². The number of nitrogens with two attached hydrogens (primary N) is 1. The molecule has 0 saturated carbocycles. The van der Waals surface area contributed by atoms with Crippen molar-refractivity contribution < 1.29 is 4.39 Å². The van der Waals surface area contributed by atoms with E-state index in [-0.39, 0.29) is 5.82 Å². The number of nitrogen functional groups attached to an aromatic ring is 1. The maximum absolute atomic E-state index is 13.7. The Labute approximate surface area is 130 Å². The summed E-state index contributed by atoms with van der Waals surface area (Å²) in [6, 6.07) is 12.5. The summed E-state index contributed by atoms with van der Waals surface area (Å²) in [5.74, 6) is -0.233. The molecule has 3 rings (SSSR count). The van der Waals surface area contributed by atoms with Crippen molar-refractivity contribution in [2.24, 2.45) is 0 Å². The highest BCUT2D eigenvalue weighted by Gasteiger charge is 2.08. The zero-order valence-electron chi connectivity index (χ0n) is 11.1. The highest BCUT2D eigenvalue weighted by atomic mass is 79.9. The van der Waals surface area contributed by atoms with E-state index in [4.69, 9.17) is 5.73 Å². The van der Waals surface area contributed by atoms with E-state index in [2.05, 4.69) is 26.2 Å². The number of nitrogens with zero attached hydrogens (tertiary/aromatic N) is 1. The van der Waals surface area contributed by atoms with Gasteiger partial charge in [-0.15, -0.1) is 0 Å². The lowest BCUT2D eigenvalue weighted by atomic mass is 10.1. The first kappa shape index (κ1) is 13.8. The number of benzene rings is 2. The van der Waals surface area contributed by atoms with Crippen LogP contribution in [0.2, 0.25) is 0 Å². The predicted molar refractivity (Wildman–Crippen MR) is 87.6 cm³/mol. The van der Waals surface area contributed by atoms with Crippen LogP contribution in [0.4, 0.5) is 15.8 Å². The number of hydrogen-bond donors (Lipinski definition) is 2. The molecule has 0 bridgehead atoms. The van der Waals surface area contributed by atoms with Crippen molar-refractivity contribution in [1.82, 2.24) is 4.98 Å². The molecule has 3 nitrogen and oxygen atoms in total. The van der Waals surface area contributed by atoms with Crippen molar-refractivity contribution in [3.8, 4) is 0 Å². The number of anilines is 2. The van der Waals surface area contributed by atoms with E-state index in [1.54, 1.807) is 18.3 Å². The second-order valence-electron chi connectivity index (χ2n) is 4.69. The van der Waals surface area contributed by atoms with E-state index in [1.165, 1.54) is 6.07 Å². The average Bonchev–Trinajstić information content (AvgIpc) is 2.48. The molecule has 0 atom stereocenters. The summed E-state index contributed by atoms with van der Waals surface area (Å²) < 4.78 is 14.6. The number of aromatic nitrogens is 1. The fourth-order valence-electron chi connectivity index (χ4n) is 2.20. The molecule has 21 heavy (non-hydrogen) atoms. The van der Waals surface area contributed by atoms with Crippen LogP contribution in [-0.4, -0.2) is 4.98 Å². The molecular weight excluding hydrogens is 333 g/mol. The first-order valence-electron chi connectivity index (χ1n) is 6.46. The first-order chi connectivity index (χ1) is 10.1. The summed E-state index contributed by atoms with van der Waals surface area (Å²) in [4.78, 5) is 4.30. The van der Waals surface area contributed by atoms with Crippen molar-refractivity contribution >= 4 is 38.2 Å². The van der Waals surface area contributed by atoms with Crippen molar-refractivity contribution in [3.05, 3.63) is 64.5 Å². The second-order valence-corrected chi connectivity index (χ2v) is 5.61. The minimum atomic E-state index is -0.233. The molecule has 0 amide bonds. The molecular formula is C16H13BrFN3. The topological polar surface area (TPSA) is 50.9 Å². The molecule has 0 fully saturated rings. The Bertz CT molecular complexity index is 799. The smallest absolute Gasteiger partial charge is 0.128 e. The molecule has 0 spiro atoms. The summed E-state index contributed by atoms with van der Waals surface area (Å²) in [5, 5.41) is 4.12. The van der Waals surface area contributed by atoms with Crippen molar-refractivity contribution in [3.63, 3.8) is 0 Å². The summed E-state index contributed by atoms with van der Waals surface area (Å²) in [5.41, 5.74) is 8.74. The minimum Gasteiger partial charge on any atom is -0.396 e. The Kier molecular flexibility index (Phi) is 3.75. The van der Waals surface area contributed by atoms with Gasteiger partial charge >= 0.3 is 0 Å². The van der Waals surface area contributed by atoms with Gasteiger partial charge in [-0.3, -0.25) is 4.98 Å². The maximum atomic E-state index is 13.7. The normalized spacial score (nSPS) is 10.8. The van der Waals surface area contributed by atoms with Crippen LogP contribution in [-0.2, 0) is 6.54 Å². The Morgan fingerprint density at radius 2 is 2.00 bits per heavy atom. The maximum Gasteiger partial charge on any atom is 0.128 e. The van der Waals surface area contributed by atoms with Gasteiger partial charge in [0.05, 0.1) is 23.1 Å². The monoisotopic (exact) mass is 345 g/mol. The zero-order valence-corrected chi connectivity index (χ0v) is 12.7. The molecule has 0 aliphatic heterocycles. The summed E-state index contributed by atoms with van der Waals surface area (Å²) in [7, 11) is 0. The van der Waals surface area contributed by atoms with Crippen LogP contribution in [0.5, 0.6) is 0 Å². The van der Waals surface area contributed by atoms with Gasteiger partial charge < -0.3 is 11.1 Å². The number of pyridine rings is 1. The van der Waals surface area contributed by atoms with Gasteiger partial charge in [-0.2, -0.15) is 0 Å². The van der Waals surface area contributed by atoms with Gasteiger partial charge in [0.15, 0.2) is 0 Å². The van der Waals surface area contributed by atoms with Crippen LogP contribution in [0.3, 0.4) is 0 Å². The van der Waals surface area contributed by atoms with Gasteiger partial charge in [0.25, 0.3) is 0 Å². The van der Waals surface area contributed by atoms with E-state index in [9.17, 15) is 4.39 Å². The van der Waals surface area contributed by atoms with Gasteiger partial charge in [0.1, 0.15) is 5.82 Å². The molecule has 0 aliphatic rings. The van der Waals surface area contributed by atoms with E-state index in [0.29, 0.717) is 17.8 Å². The third-order valence-electron chi connectivity index (χ3n) is 3.27. The van der Waals surface area contributed by atoms with Gasteiger partial charge in [-0.05, 0) is 24.3 Å². The van der Waals surface area contributed by atoms with Gasteiger partial charge in [-0.1, -0.05) is 34.1 Å². The first-order valence-corrected chi connectivity index (χ1v) is 7.25. The van der Waals surface area contributed by atoms with Crippen LogP contribution in [0.15, 0.2) is 53.1 Å². The Morgan fingerprint density at radius 3 is 2.81 bits per heavy atom. The summed E-state index contributed by atoms with van der Waals surface area (Å²) >= 11 is 3.44. The highest BCUT2D eigenvalue weighted by Crippen LogP contribution is 2.30. The Balaban J connectivity index is 1.98. The van der Waals surface area contributed by atoms with Crippen molar-refractivity contribution in [2.45, 2.75) is 6.54 Å². The van der Waals surface area contributed by atoms with E-state index in [0.717, 1.165) is 21.1 Å². The number of rotatable bonds is 3. The fourth-order valence-corrected chi connectivity index (χ4v) is 2.56. The van der Waals surface area contributed by atoms with Gasteiger partial charge in [0.2, 0.25) is 0 Å². The Hall–Kier alpha value is -2.14. The van der Waals surface area contributed by atoms with Crippen LogP contribution < -0.4 is 11.1 Å². The molecule has 1 heterocycles. The van der Waals surface area contributed by atoms with E-state index < -0.39 is 0 Å². The minimum absolute atomic E-state index is 0.233. The molecule has 3 aromatic rings. The number of nitrogens with one attached hydrogen (secondary N) is 1. The van der Waals surface area contributed by atoms with E-state index >= 15 is 0 Å². The standard InChI is InChI=1S/C16H13BrFN3/c17-11-5-6-15-12(7-11)16(14(19)9-20-15)21-8-10-3-1-2-4-13(10)18/h1-7,9H,8,19H2,(H,20,21).